The number of nitrogens with one attached hydrogen (secondary N) is 1. The van der Waals surface area contributed by atoms with Crippen molar-refractivity contribution in [3.8, 4) is 11.3 Å². The number of thiazole rings is 1. The Balaban J connectivity index is 1.62. The average Bonchev–Trinajstić information content (AvgIpc) is 3.17. The summed E-state index contributed by atoms with van der Waals surface area (Å²) >= 11 is 2.97. The van der Waals surface area contributed by atoms with Gasteiger partial charge in [0.1, 0.15) is 5.76 Å². The Labute approximate surface area is 142 Å². The molecule has 0 saturated heterocycles. The van der Waals surface area contributed by atoms with Crippen LogP contribution in [-0.4, -0.2) is 21.3 Å². The molecule has 1 aromatic carbocycles. The molecule has 1 unspecified atom stereocenters. The zero-order valence-corrected chi connectivity index (χ0v) is 14.3. The molecule has 118 valence electrons. The number of hydrogen-bond donors (Lipinski definition) is 1. The van der Waals surface area contributed by atoms with Gasteiger partial charge in [-0.2, -0.15) is 0 Å². The summed E-state index contributed by atoms with van der Waals surface area (Å²) in [7, 11) is 0. The molecule has 0 saturated carbocycles. The zero-order valence-electron chi connectivity index (χ0n) is 12.6. The van der Waals surface area contributed by atoms with E-state index in [1.54, 1.807) is 13.0 Å². The Morgan fingerprint density at radius 1 is 1.35 bits per heavy atom. The molecule has 1 amide bonds. The van der Waals surface area contributed by atoms with Gasteiger partial charge in [0.15, 0.2) is 10.2 Å². The van der Waals surface area contributed by atoms with Gasteiger partial charge in [-0.05, 0) is 13.8 Å². The largest absolute Gasteiger partial charge is 0.360 e. The van der Waals surface area contributed by atoms with Crippen molar-refractivity contribution in [3.63, 3.8) is 0 Å². The van der Waals surface area contributed by atoms with E-state index in [0.717, 1.165) is 15.6 Å². The van der Waals surface area contributed by atoms with Crippen molar-refractivity contribution in [2.45, 2.75) is 23.4 Å². The number of hydrogen-bond acceptors (Lipinski definition) is 6. The topological polar surface area (TPSA) is 68.0 Å². The fraction of sp³-hybridized carbons (Fsp3) is 0.188. The Hall–Kier alpha value is -2.12. The molecule has 0 aliphatic carbocycles. The second kappa shape index (κ2) is 6.97. The van der Waals surface area contributed by atoms with E-state index in [1.807, 2.05) is 42.6 Å². The maximum atomic E-state index is 12.2. The number of carbonyl (C=O) groups excluding carboxylic acids is 1. The molecule has 3 aromatic rings. The van der Waals surface area contributed by atoms with Crippen molar-refractivity contribution in [1.29, 1.82) is 0 Å². The Morgan fingerprint density at radius 2 is 2.13 bits per heavy atom. The van der Waals surface area contributed by atoms with Crippen molar-refractivity contribution in [3.05, 3.63) is 47.5 Å². The van der Waals surface area contributed by atoms with E-state index in [0.29, 0.717) is 11.6 Å². The van der Waals surface area contributed by atoms with E-state index in [9.17, 15) is 4.79 Å². The van der Waals surface area contributed by atoms with Gasteiger partial charge in [-0.3, -0.25) is 4.79 Å². The molecule has 1 N–H and O–H groups in total. The van der Waals surface area contributed by atoms with Crippen molar-refractivity contribution in [2.75, 3.05) is 5.32 Å². The molecule has 7 heteroatoms. The predicted molar refractivity (Wildman–Crippen MR) is 92.7 cm³/mol. The Bertz CT molecular complexity index is 799. The number of anilines is 1. The number of nitrogens with zero attached hydrogens (tertiary/aromatic N) is 2. The lowest BCUT2D eigenvalue weighted by molar-refractivity contribution is -0.115. The van der Waals surface area contributed by atoms with Gasteiger partial charge in [-0.1, -0.05) is 47.3 Å². The van der Waals surface area contributed by atoms with Gasteiger partial charge in [0.05, 0.1) is 10.9 Å². The van der Waals surface area contributed by atoms with E-state index in [2.05, 4.69) is 15.5 Å². The highest BCUT2D eigenvalue weighted by Crippen LogP contribution is 2.31. The van der Waals surface area contributed by atoms with Crippen LogP contribution in [0.4, 0.5) is 5.82 Å². The van der Waals surface area contributed by atoms with Crippen molar-refractivity contribution in [2.24, 2.45) is 0 Å². The molecule has 5 nitrogen and oxygen atoms in total. The van der Waals surface area contributed by atoms with Crippen molar-refractivity contribution >= 4 is 34.8 Å². The summed E-state index contributed by atoms with van der Waals surface area (Å²) in [6.07, 6.45) is 0. The predicted octanol–water partition coefficient (Wildman–Crippen LogP) is 4.23. The van der Waals surface area contributed by atoms with Crippen molar-refractivity contribution in [1.82, 2.24) is 10.1 Å². The summed E-state index contributed by atoms with van der Waals surface area (Å²) in [6, 6.07) is 11.7. The van der Waals surface area contributed by atoms with Crippen LogP contribution < -0.4 is 5.32 Å². The van der Waals surface area contributed by atoms with Gasteiger partial charge < -0.3 is 9.84 Å². The molecule has 0 spiro atoms. The normalized spacial score (nSPS) is 12.1. The third-order valence-corrected chi connectivity index (χ3v) is 5.15. The molecule has 2 aromatic heterocycles. The molecule has 0 fully saturated rings. The fourth-order valence-electron chi connectivity index (χ4n) is 1.91. The second-order valence-electron chi connectivity index (χ2n) is 4.94. The number of aryl methyl sites for hydroxylation is 1. The summed E-state index contributed by atoms with van der Waals surface area (Å²) in [4.78, 5) is 16.7. The van der Waals surface area contributed by atoms with Gasteiger partial charge in [0.2, 0.25) is 5.91 Å². The fourth-order valence-corrected chi connectivity index (χ4v) is 3.88. The molecule has 3 rings (SSSR count). The molecule has 23 heavy (non-hydrogen) atoms. The Kier molecular flexibility index (Phi) is 4.78. The summed E-state index contributed by atoms with van der Waals surface area (Å²) < 4.78 is 5.80. The van der Waals surface area contributed by atoms with Gasteiger partial charge >= 0.3 is 0 Å². The first-order valence-corrected chi connectivity index (χ1v) is 8.79. The van der Waals surface area contributed by atoms with E-state index < -0.39 is 0 Å². The highest BCUT2D eigenvalue weighted by Gasteiger charge is 2.18. The number of benzene rings is 1. The molecular formula is C16H15N3O2S2. The highest BCUT2D eigenvalue weighted by atomic mass is 32.2. The molecule has 0 aliphatic heterocycles. The summed E-state index contributed by atoms with van der Waals surface area (Å²) in [5.74, 6) is 0.969. The van der Waals surface area contributed by atoms with Gasteiger partial charge in [0.25, 0.3) is 0 Å². The maximum absolute atomic E-state index is 12.2. The lowest BCUT2D eigenvalue weighted by Gasteiger charge is -2.07. The molecule has 0 radical (unpaired) electrons. The third kappa shape index (κ3) is 4.00. The van der Waals surface area contributed by atoms with Crippen LogP contribution >= 0.6 is 23.1 Å². The summed E-state index contributed by atoms with van der Waals surface area (Å²) in [5.41, 5.74) is 2.00. The summed E-state index contributed by atoms with van der Waals surface area (Å²) in [6.45, 7) is 3.62. The van der Waals surface area contributed by atoms with Crippen LogP contribution in [0.25, 0.3) is 11.3 Å². The van der Waals surface area contributed by atoms with Gasteiger partial charge in [-0.25, -0.2) is 4.98 Å². The van der Waals surface area contributed by atoms with Crippen LogP contribution in [0.1, 0.15) is 12.7 Å². The first-order valence-electron chi connectivity index (χ1n) is 7.03. The smallest absolute Gasteiger partial charge is 0.238 e. The second-order valence-corrected chi connectivity index (χ2v) is 7.38. The molecule has 1 atom stereocenters. The minimum Gasteiger partial charge on any atom is -0.360 e. The first kappa shape index (κ1) is 15.8. The van der Waals surface area contributed by atoms with Gasteiger partial charge in [-0.15, -0.1) is 11.3 Å². The number of carbonyl (C=O) groups is 1. The minimum absolute atomic E-state index is 0.125. The lowest BCUT2D eigenvalue weighted by atomic mass is 10.2. The van der Waals surface area contributed by atoms with Crippen LogP contribution in [0.3, 0.4) is 0 Å². The van der Waals surface area contributed by atoms with Crippen LogP contribution in [0, 0.1) is 6.92 Å². The SMILES string of the molecule is Cc1cc(NC(=O)C(C)Sc2nc(-c3ccccc3)cs2)no1. The van der Waals surface area contributed by atoms with Crippen LogP contribution in [0.2, 0.25) is 0 Å². The lowest BCUT2D eigenvalue weighted by Crippen LogP contribution is -2.22. The van der Waals surface area contributed by atoms with Crippen LogP contribution in [0.5, 0.6) is 0 Å². The molecule has 0 aliphatic rings. The number of amides is 1. The Morgan fingerprint density at radius 3 is 2.83 bits per heavy atom. The molecule has 0 bridgehead atoms. The first-order chi connectivity index (χ1) is 11.1. The van der Waals surface area contributed by atoms with E-state index in [1.165, 1.54) is 23.1 Å². The third-order valence-electron chi connectivity index (χ3n) is 3.08. The van der Waals surface area contributed by atoms with E-state index in [4.69, 9.17) is 4.52 Å². The number of thioether (sulfide) groups is 1. The number of aromatic nitrogens is 2. The highest BCUT2D eigenvalue weighted by molar-refractivity contribution is 8.02. The molecular weight excluding hydrogens is 330 g/mol. The standard InChI is InChI=1S/C16H15N3O2S2/c1-10-8-14(19-21-10)18-15(20)11(2)23-16-17-13(9-22-16)12-6-4-3-5-7-12/h3-9,11H,1-2H3,(H,18,19,20). The van der Waals surface area contributed by atoms with Crippen molar-refractivity contribution < 1.29 is 9.32 Å². The molecule has 2 heterocycles. The van der Waals surface area contributed by atoms with Gasteiger partial charge in [0, 0.05) is 17.0 Å². The number of rotatable bonds is 5. The van der Waals surface area contributed by atoms with E-state index in [-0.39, 0.29) is 11.2 Å². The monoisotopic (exact) mass is 345 g/mol. The minimum atomic E-state index is -0.276. The zero-order chi connectivity index (χ0) is 16.2. The summed E-state index contributed by atoms with van der Waals surface area (Å²) in [5, 5.41) is 8.22. The average molecular weight is 345 g/mol. The maximum Gasteiger partial charge on any atom is 0.238 e. The van der Waals surface area contributed by atoms with E-state index >= 15 is 0 Å². The quantitative estimate of drug-likeness (QED) is 0.701. The van der Waals surface area contributed by atoms with Crippen LogP contribution in [0.15, 0.2) is 50.6 Å². The van der Waals surface area contributed by atoms with Crippen LogP contribution in [-0.2, 0) is 4.79 Å².